The molecule has 0 unspecified atom stereocenters. The van der Waals surface area contributed by atoms with Gasteiger partial charge in [0, 0.05) is 5.56 Å². The van der Waals surface area contributed by atoms with Crippen LogP contribution in [-0.4, -0.2) is 13.1 Å². The fourth-order valence-corrected chi connectivity index (χ4v) is 2.11. The predicted molar refractivity (Wildman–Crippen MR) is 86.2 cm³/mol. The van der Waals surface area contributed by atoms with Gasteiger partial charge in [0.2, 0.25) is 5.43 Å². The lowest BCUT2D eigenvalue weighted by atomic mass is 10.1. The van der Waals surface area contributed by atoms with Crippen molar-refractivity contribution < 1.29 is 13.9 Å². The van der Waals surface area contributed by atoms with Gasteiger partial charge in [-0.25, -0.2) is 4.79 Å². The molecule has 1 heterocycles. The number of rotatable bonds is 1. The fourth-order valence-electron chi connectivity index (χ4n) is 2.11. The number of para-hydroxylation sites is 1. The van der Waals surface area contributed by atoms with E-state index in [1.165, 1.54) is 13.4 Å². The third-order valence-corrected chi connectivity index (χ3v) is 3.33. The third kappa shape index (κ3) is 2.99. The average molecular weight is 304 g/mol. The number of methoxy groups -OCH3 is 1. The largest absolute Gasteiger partial charge is 0.465 e. The molecule has 1 aromatic heterocycles. The van der Waals surface area contributed by atoms with Crippen molar-refractivity contribution in [1.29, 1.82) is 0 Å². The van der Waals surface area contributed by atoms with Crippen LogP contribution < -0.4 is 5.43 Å². The zero-order valence-electron chi connectivity index (χ0n) is 12.3. The molecule has 23 heavy (non-hydrogen) atoms. The Balaban J connectivity index is 1.94. The van der Waals surface area contributed by atoms with Crippen molar-refractivity contribution in [3.8, 4) is 11.8 Å². The molecule has 3 aromatic rings. The van der Waals surface area contributed by atoms with E-state index in [0.29, 0.717) is 27.7 Å². The van der Waals surface area contributed by atoms with Crippen molar-refractivity contribution >= 4 is 16.9 Å². The first-order chi connectivity index (χ1) is 11.2. The maximum atomic E-state index is 12.3. The van der Waals surface area contributed by atoms with E-state index in [4.69, 9.17) is 4.42 Å². The highest BCUT2D eigenvalue weighted by molar-refractivity contribution is 5.89. The van der Waals surface area contributed by atoms with Gasteiger partial charge in [0.15, 0.2) is 0 Å². The number of esters is 1. The Morgan fingerprint density at radius 2 is 1.78 bits per heavy atom. The van der Waals surface area contributed by atoms with Crippen LogP contribution in [0, 0.1) is 11.8 Å². The van der Waals surface area contributed by atoms with Gasteiger partial charge in [-0.3, -0.25) is 4.79 Å². The van der Waals surface area contributed by atoms with Crippen LogP contribution in [0.15, 0.2) is 64.0 Å². The van der Waals surface area contributed by atoms with E-state index in [0.717, 1.165) is 0 Å². The SMILES string of the molecule is COC(=O)c1ccc(C#Cc2coc3ccccc3c2=O)cc1. The Morgan fingerprint density at radius 3 is 2.52 bits per heavy atom. The van der Waals surface area contributed by atoms with Gasteiger partial charge in [-0.1, -0.05) is 24.0 Å². The van der Waals surface area contributed by atoms with Crippen LogP contribution in [0.2, 0.25) is 0 Å². The van der Waals surface area contributed by atoms with Crippen LogP contribution in [0.4, 0.5) is 0 Å². The van der Waals surface area contributed by atoms with Gasteiger partial charge in [0.1, 0.15) is 17.4 Å². The Labute approximate surface area is 132 Å². The molecule has 0 atom stereocenters. The second-order valence-electron chi connectivity index (χ2n) is 4.79. The first kappa shape index (κ1) is 14.6. The minimum absolute atomic E-state index is 0.162. The monoisotopic (exact) mass is 304 g/mol. The standard InChI is InChI=1S/C19H12O4/c1-22-19(21)14-9-6-13(7-10-14)8-11-15-12-23-17-5-3-2-4-16(17)18(15)20/h2-7,9-10,12H,1H3. The zero-order valence-corrected chi connectivity index (χ0v) is 12.3. The quantitative estimate of drug-likeness (QED) is 0.512. The summed E-state index contributed by atoms with van der Waals surface area (Å²) in [5, 5.41) is 0.500. The maximum Gasteiger partial charge on any atom is 0.337 e. The van der Waals surface area contributed by atoms with Gasteiger partial charge in [-0.05, 0) is 36.4 Å². The summed E-state index contributed by atoms with van der Waals surface area (Å²) in [5.74, 6) is 5.30. The number of hydrogen-bond acceptors (Lipinski definition) is 4. The zero-order chi connectivity index (χ0) is 16.2. The van der Waals surface area contributed by atoms with Crippen molar-refractivity contribution in [2.75, 3.05) is 7.11 Å². The second kappa shape index (κ2) is 6.20. The van der Waals surface area contributed by atoms with E-state index in [2.05, 4.69) is 16.6 Å². The first-order valence-corrected chi connectivity index (χ1v) is 6.90. The molecule has 112 valence electrons. The number of ether oxygens (including phenoxy) is 1. The summed E-state index contributed by atoms with van der Waals surface area (Å²) in [6.07, 6.45) is 1.36. The molecule has 0 saturated heterocycles. The molecular formula is C19H12O4. The van der Waals surface area contributed by atoms with E-state index < -0.39 is 5.97 Å². The average Bonchev–Trinajstić information content (AvgIpc) is 2.61. The van der Waals surface area contributed by atoms with Crippen molar-refractivity contribution in [3.63, 3.8) is 0 Å². The Kier molecular flexibility index (Phi) is 3.94. The van der Waals surface area contributed by atoms with Crippen molar-refractivity contribution in [3.05, 3.63) is 81.7 Å². The summed E-state index contributed by atoms with van der Waals surface area (Å²) in [7, 11) is 1.33. The molecule has 0 aliphatic rings. The molecule has 0 fully saturated rings. The molecule has 0 aliphatic heterocycles. The summed E-state index contributed by atoms with van der Waals surface area (Å²) < 4.78 is 10.0. The van der Waals surface area contributed by atoms with Crippen LogP contribution in [0.25, 0.3) is 11.0 Å². The number of hydrogen-bond donors (Lipinski definition) is 0. The van der Waals surface area contributed by atoms with Crippen LogP contribution in [0.1, 0.15) is 21.5 Å². The molecule has 4 nitrogen and oxygen atoms in total. The number of fused-ring (bicyclic) bond motifs is 1. The molecule has 3 rings (SSSR count). The molecule has 0 aliphatic carbocycles. The number of carbonyl (C=O) groups excluding carboxylic acids is 1. The lowest BCUT2D eigenvalue weighted by Crippen LogP contribution is -2.05. The summed E-state index contributed by atoms with van der Waals surface area (Å²) in [6, 6.07) is 13.7. The van der Waals surface area contributed by atoms with Crippen LogP contribution in [0.3, 0.4) is 0 Å². The van der Waals surface area contributed by atoms with Crippen LogP contribution in [-0.2, 0) is 4.74 Å². The van der Waals surface area contributed by atoms with Crippen molar-refractivity contribution in [2.45, 2.75) is 0 Å². The molecule has 2 aromatic carbocycles. The van der Waals surface area contributed by atoms with E-state index in [1.54, 1.807) is 48.5 Å². The van der Waals surface area contributed by atoms with Crippen molar-refractivity contribution in [2.24, 2.45) is 0 Å². The summed E-state index contributed by atoms with van der Waals surface area (Å²) in [4.78, 5) is 23.7. The molecular weight excluding hydrogens is 292 g/mol. The fraction of sp³-hybridized carbons (Fsp3) is 0.0526. The van der Waals surface area contributed by atoms with Gasteiger partial charge < -0.3 is 9.15 Å². The highest BCUT2D eigenvalue weighted by Gasteiger charge is 2.05. The highest BCUT2D eigenvalue weighted by atomic mass is 16.5. The van der Waals surface area contributed by atoms with Gasteiger partial charge in [0.25, 0.3) is 0 Å². The Hall–Kier alpha value is -3.32. The normalized spacial score (nSPS) is 9.96. The van der Waals surface area contributed by atoms with Crippen LogP contribution >= 0.6 is 0 Å². The first-order valence-electron chi connectivity index (χ1n) is 6.90. The smallest absolute Gasteiger partial charge is 0.337 e. The number of benzene rings is 2. The van der Waals surface area contributed by atoms with Gasteiger partial charge >= 0.3 is 5.97 Å². The predicted octanol–water partition coefficient (Wildman–Crippen LogP) is 2.98. The van der Waals surface area contributed by atoms with E-state index >= 15 is 0 Å². The summed E-state index contributed by atoms with van der Waals surface area (Å²) >= 11 is 0. The van der Waals surface area contributed by atoms with Crippen LogP contribution in [0.5, 0.6) is 0 Å². The molecule has 0 bridgehead atoms. The number of carbonyl (C=O) groups is 1. The highest BCUT2D eigenvalue weighted by Crippen LogP contribution is 2.10. The maximum absolute atomic E-state index is 12.3. The Bertz CT molecular complexity index is 986. The third-order valence-electron chi connectivity index (χ3n) is 3.33. The van der Waals surface area contributed by atoms with Crippen molar-refractivity contribution in [1.82, 2.24) is 0 Å². The molecule has 0 radical (unpaired) electrons. The van der Waals surface area contributed by atoms with Gasteiger partial charge in [-0.2, -0.15) is 0 Å². The van der Waals surface area contributed by atoms with E-state index in [1.807, 2.05) is 0 Å². The molecule has 0 amide bonds. The minimum atomic E-state index is -0.403. The van der Waals surface area contributed by atoms with Gasteiger partial charge in [0.05, 0.1) is 18.1 Å². The lowest BCUT2D eigenvalue weighted by molar-refractivity contribution is 0.0600. The molecule has 0 spiro atoms. The lowest BCUT2D eigenvalue weighted by Gasteiger charge is -1.98. The molecule has 0 N–H and O–H groups in total. The molecule has 4 heteroatoms. The summed E-state index contributed by atoms with van der Waals surface area (Å²) in [5.41, 5.74) is 1.80. The van der Waals surface area contributed by atoms with Gasteiger partial charge in [-0.15, -0.1) is 0 Å². The van der Waals surface area contributed by atoms with E-state index in [-0.39, 0.29) is 5.43 Å². The molecule has 0 saturated carbocycles. The topological polar surface area (TPSA) is 56.5 Å². The second-order valence-corrected chi connectivity index (χ2v) is 4.79. The van der Waals surface area contributed by atoms with E-state index in [9.17, 15) is 9.59 Å². The minimum Gasteiger partial charge on any atom is -0.465 e. The Morgan fingerprint density at radius 1 is 1.04 bits per heavy atom. The summed E-state index contributed by atoms with van der Waals surface area (Å²) in [6.45, 7) is 0.